The van der Waals surface area contributed by atoms with Crippen molar-refractivity contribution in [2.75, 3.05) is 10.6 Å². The van der Waals surface area contributed by atoms with Crippen molar-refractivity contribution in [3.8, 4) is 5.82 Å². The number of aromatic nitrogens is 4. The van der Waals surface area contributed by atoms with Gasteiger partial charge in [-0.15, -0.1) is 0 Å². The fourth-order valence-corrected chi connectivity index (χ4v) is 3.12. The lowest BCUT2D eigenvalue weighted by atomic mass is 10.2. The number of rotatable bonds is 5. The van der Waals surface area contributed by atoms with Gasteiger partial charge in [0.2, 0.25) is 0 Å². The number of halogens is 3. The molecule has 0 atom stereocenters. The van der Waals surface area contributed by atoms with Gasteiger partial charge < -0.3 is 10.6 Å². The maximum Gasteiger partial charge on any atom is 0.417 e. The highest BCUT2D eigenvalue weighted by Crippen LogP contribution is 2.29. The molecule has 34 heavy (non-hydrogen) atoms. The Morgan fingerprint density at radius 3 is 2.21 bits per heavy atom. The molecule has 3 aromatic heterocycles. The topological polar surface area (TPSA) is 102 Å². The summed E-state index contributed by atoms with van der Waals surface area (Å²) in [4.78, 5) is 32.8. The van der Waals surface area contributed by atoms with Gasteiger partial charge in [-0.05, 0) is 49.4 Å². The van der Waals surface area contributed by atoms with Crippen LogP contribution in [0.1, 0.15) is 32.0 Å². The molecule has 0 aliphatic heterocycles. The van der Waals surface area contributed by atoms with Crippen LogP contribution in [0.15, 0.2) is 73.3 Å². The van der Waals surface area contributed by atoms with E-state index in [4.69, 9.17) is 0 Å². The van der Waals surface area contributed by atoms with E-state index in [9.17, 15) is 22.8 Å². The number of benzene rings is 1. The molecule has 0 radical (unpaired) electrons. The van der Waals surface area contributed by atoms with E-state index < -0.39 is 17.6 Å². The van der Waals surface area contributed by atoms with E-state index in [0.717, 1.165) is 6.07 Å². The third kappa shape index (κ3) is 4.93. The van der Waals surface area contributed by atoms with Crippen LogP contribution in [0, 0.1) is 6.92 Å². The number of nitrogens with zero attached hydrogens (tertiary/aromatic N) is 4. The molecule has 11 heteroatoms. The van der Waals surface area contributed by atoms with Gasteiger partial charge in [0.15, 0.2) is 5.82 Å². The van der Waals surface area contributed by atoms with Crippen LogP contribution in [0.25, 0.3) is 5.82 Å². The van der Waals surface area contributed by atoms with Crippen LogP contribution in [0.5, 0.6) is 0 Å². The van der Waals surface area contributed by atoms with Crippen LogP contribution in [0.4, 0.5) is 24.5 Å². The Bertz CT molecular complexity index is 1340. The number of carbonyl (C=O) groups excluding carboxylic acids is 2. The van der Waals surface area contributed by atoms with Gasteiger partial charge >= 0.3 is 6.18 Å². The minimum absolute atomic E-state index is 0.144. The van der Waals surface area contributed by atoms with E-state index in [0.29, 0.717) is 28.8 Å². The molecule has 172 valence electrons. The van der Waals surface area contributed by atoms with E-state index in [-0.39, 0.29) is 17.3 Å². The Hall–Kier alpha value is -4.54. The van der Waals surface area contributed by atoms with Crippen molar-refractivity contribution in [3.05, 3.63) is 95.7 Å². The molecule has 0 unspecified atom stereocenters. The molecule has 2 N–H and O–H groups in total. The lowest BCUT2D eigenvalue weighted by Gasteiger charge is -2.10. The van der Waals surface area contributed by atoms with Gasteiger partial charge in [-0.1, -0.05) is 6.07 Å². The first-order valence-corrected chi connectivity index (χ1v) is 9.93. The van der Waals surface area contributed by atoms with E-state index in [1.54, 1.807) is 43.3 Å². The second-order valence-electron chi connectivity index (χ2n) is 7.18. The van der Waals surface area contributed by atoms with Gasteiger partial charge in [-0.25, -0.2) is 9.67 Å². The molecular weight excluding hydrogens is 449 g/mol. The van der Waals surface area contributed by atoms with Crippen LogP contribution in [-0.2, 0) is 6.18 Å². The van der Waals surface area contributed by atoms with Crippen molar-refractivity contribution < 1.29 is 22.8 Å². The molecule has 1 aromatic carbocycles. The predicted octanol–water partition coefficient (Wildman–Crippen LogP) is 4.49. The van der Waals surface area contributed by atoms with Crippen LogP contribution in [-0.4, -0.2) is 31.6 Å². The second kappa shape index (κ2) is 9.14. The second-order valence-corrected chi connectivity index (χ2v) is 7.18. The van der Waals surface area contributed by atoms with Crippen LogP contribution < -0.4 is 10.6 Å². The number of nitrogens with one attached hydrogen (secondary N) is 2. The van der Waals surface area contributed by atoms with Gasteiger partial charge in [0.25, 0.3) is 11.8 Å². The summed E-state index contributed by atoms with van der Waals surface area (Å²) in [5.74, 6) is -0.661. The largest absolute Gasteiger partial charge is 0.417 e. The first kappa shape index (κ1) is 22.6. The molecule has 4 rings (SSSR count). The van der Waals surface area contributed by atoms with Gasteiger partial charge in [-0.3, -0.25) is 14.6 Å². The summed E-state index contributed by atoms with van der Waals surface area (Å²) in [5.41, 5.74) is 1.07. The standard InChI is InChI=1S/C23H17F3N6O2/c1-14-19(13-29-32(14)20-6-5-16(12-28-20)23(24,25)26)22(34)31-18-4-2-3-17(11-18)30-21(33)15-7-9-27-10-8-15/h2-13H,1H3,(H,30,33)(H,31,34). The van der Waals surface area contributed by atoms with E-state index in [1.807, 2.05) is 0 Å². The molecule has 0 aliphatic rings. The number of hydrogen-bond donors (Lipinski definition) is 2. The summed E-state index contributed by atoms with van der Waals surface area (Å²) in [7, 11) is 0. The zero-order valence-electron chi connectivity index (χ0n) is 17.7. The van der Waals surface area contributed by atoms with Crippen molar-refractivity contribution in [1.82, 2.24) is 19.7 Å². The molecule has 0 aliphatic carbocycles. The van der Waals surface area contributed by atoms with Gasteiger partial charge in [0, 0.05) is 35.5 Å². The number of pyridine rings is 2. The molecule has 0 bridgehead atoms. The number of alkyl halides is 3. The van der Waals surface area contributed by atoms with Crippen LogP contribution in [0.3, 0.4) is 0 Å². The summed E-state index contributed by atoms with van der Waals surface area (Å²) in [6.07, 6.45) is 0.533. The quantitative estimate of drug-likeness (QED) is 0.451. The molecule has 8 nitrogen and oxygen atoms in total. The SMILES string of the molecule is Cc1c(C(=O)Nc2cccc(NC(=O)c3ccncc3)c2)cnn1-c1ccc(C(F)(F)F)cn1. The number of carbonyl (C=O) groups is 2. The van der Waals surface area contributed by atoms with Gasteiger partial charge in [0.05, 0.1) is 23.0 Å². The monoisotopic (exact) mass is 466 g/mol. The smallest absolute Gasteiger partial charge is 0.322 e. The molecular formula is C23H17F3N6O2. The van der Waals surface area contributed by atoms with Crippen LogP contribution >= 0.6 is 0 Å². The first-order chi connectivity index (χ1) is 16.2. The van der Waals surface area contributed by atoms with Gasteiger partial charge in [-0.2, -0.15) is 18.3 Å². The molecule has 0 fully saturated rings. The summed E-state index contributed by atoms with van der Waals surface area (Å²) >= 11 is 0. The summed E-state index contributed by atoms with van der Waals surface area (Å²) in [5, 5.41) is 9.55. The third-order valence-corrected chi connectivity index (χ3v) is 4.87. The fraction of sp³-hybridized carbons (Fsp3) is 0.0870. The van der Waals surface area contributed by atoms with Crippen molar-refractivity contribution in [2.45, 2.75) is 13.1 Å². The zero-order chi connectivity index (χ0) is 24.3. The molecule has 4 aromatic rings. The van der Waals surface area contributed by atoms with Crippen molar-refractivity contribution in [3.63, 3.8) is 0 Å². The lowest BCUT2D eigenvalue weighted by molar-refractivity contribution is -0.137. The average Bonchev–Trinajstić information content (AvgIpc) is 3.21. The number of hydrogen-bond acceptors (Lipinski definition) is 5. The summed E-state index contributed by atoms with van der Waals surface area (Å²) < 4.78 is 39.6. The maximum absolute atomic E-state index is 12.8. The normalized spacial score (nSPS) is 11.2. The van der Waals surface area contributed by atoms with Crippen molar-refractivity contribution in [1.29, 1.82) is 0 Å². The van der Waals surface area contributed by atoms with E-state index in [1.165, 1.54) is 29.3 Å². The molecule has 0 saturated carbocycles. The Morgan fingerprint density at radius 1 is 0.912 bits per heavy atom. The highest BCUT2D eigenvalue weighted by atomic mass is 19.4. The fourth-order valence-electron chi connectivity index (χ4n) is 3.12. The molecule has 0 spiro atoms. The highest BCUT2D eigenvalue weighted by Gasteiger charge is 2.30. The first-order valence-electron chi connectivity index (χ1n) is 9.93. The van der Waals surface area contributed by atoms with E-state index >= 15 is 0 Å². The van der Waals surface area contributed by atoms with Crippen LogP contribution in [0.2, 0.25) is 0 Å². The van der Waals surface area contributed by atoms with Gasteiger partial charge in [0.1, 0.15) is 0 Å². The van der Waals surface area contributed by atoms with Crippen molar-refractivity contribution >= 4 is 23.2 Å². The number of amides is 2. The Balaban J connectivity index is 1.48. The summed E-state index contributed by atoms with van der Waals surface area (Å²) in [6.45, 7) is 1.60. The average molecular weight is 466 g/mol. The Labute approximate surface area is 191 Å². The minimum atomic E-state index is -4.50. The highest BCUT2D eigenvalue weighted by molar-refractivity contribution is 6.06. The molecule has 3 heterocycles. The number of anilines is 2. The Kier molecular flexibility index (Phi) is 6.09. The summed E-state index contributed by atoms with van der Waals surface area (Å²) in [6, 6.07) is 11.8. The zero-order valence-corrected chi connectivity index (χ0v) is 17.7. The lowest BCUT2D eigenvalue weighted by Crippen LogP contribution is -2.15. The molecule has 0 saturated heterocycles. The maximum atomic E-state index is 12.8. The Morgan fingerprint density at radius 2 is 1.59 bits per heavy atom. The van der Waals surface area contributed by atoms with E-state index in [2.05, 4.69) is 25.7 Å². The third-order valence-electron chi connectivity index (χ3n) is 4.87. The van der Waals surface area contributed by atoms with Crippen molar-refractivity contribution in [2.24, 2.45) is 0 Å². The molecule has 2 amide bonds. The predicted molar refractivity (Wildman–Crippen MR) is 118 cm³/mol. The minimum Gasteiger partial charge on any atom is -0.322 e.